The van der Waals surface area contributed by atoms with Gasteiger partial charge in [0.15, 0.2) is 11.5 Å². The van der Waals surface area contributed by atoms with Crippen LogP contribution in [0, 0.1) is 0 Å². The lowest BCUT2D eigenvalue weighted by Gasteiger charge is -2.20. The zero-order chi connectivity index (χ0) is 13.0. The van der Waals surface area contributed by atoms with Crippen LogP contribution in [-0.4, -0.2) is 30.0 Å². The predicted octanol–water partition coefficient (Wildman–Crippen LogP) is 2.82. The first-order chi connectivity index (χ1) is 8.66. The predicted molar refractivity (Wildman–Crippen MR) is 70.9 cm³/mol. The van der Waals surface area contributed by atoms with Crippen molar-refractivity contribution >= 4 is 29.3 Å². The Hall–Kier alpha value is -1.07. The lowest BCUT2D eigenvalue weighted by Crippen LogP contribution is -2.15. The van der Waals surface area contributed by atoms with E-state index in [1.54, 1.807) is 11.8 Å². The Morgan fingerprint density at radius 3 is 2.94 bits per heavy atom. The molecule has 0 saturated carbocycles. The number of ether oxygens (including phenoxy) is 2. The fourth-order valence-electron chi connectivity index (χ4n) is 1.60. The highest BCUT2D eigenvalue weighted by molar-refractivity contribution is 7.98. The third kappa shape index (κ3) is 3.46. The molecule has 0 aromatic heterocycles. The maximum atomic E-state index is 10.4. The van der Waals surface area contributed by atoms with Gasteiger partial charge in [-0.05, 0) is 17.7 Å². The first-order valence-corrected chi connectivity index (χ1v) is 7.07. The van der Waals surface area contributed by atoms with Crippen LogP contribution in [0.5, 0.6) is 11.5 Å². The fraction of sp³-hybridized carbons (Fsp3) is 0.417. The third-order valence-electron chi connectivity index (χ3n) is 2.39. The highest BCUT2D eigenvalue weighted by Crippen LogP contribution is 2.39. The summed E-state index contributed by atoms with van der Waals surface area (Å²) in [6, 6.07) is 3.73. The van der Waals surface area contributed by atoms with Crippen LogP contribution in [0.25, 0.3) is 0 Å². The van der Waals surface area contributed by atoms with Crippen molar-refractivity contribution < 1.29 is 19.4 Å². The summed E-state index contributed by atoms with van der Waals surface area (Å²) in [4.78, 5) is 10.4. The van der Waals surface area contributed by atoms with Crippen LogP contribution in [0.1, 0.15) is 12.0 Å². The van der Waals surface area contributed by atoms with E-state index < -0.39 is 5.97 Å². The van der Waals surface area contributed by atoms with Gasteiger partial charge in [-0.2, -0.15) is 11.8 Å². The largest absolute Gasteiger partial charge is 0.486 e. The highest BCUT2D eigenvalue weighted by atomic mass is 35.5. The van der Waals surface area contributed by atoms with Gasteiger partial charge in [-0.25, -0.2) is 0 Å². The number of halogens is 1. The molecule has 0 unspecified atom stereocenters. The molecule has 0 bridgehead atoms. The van der Waals surface area contributed by atoms with Crippen molar-refractivity contribution in [2.75, 3.05) is 19.0 Å². The van der Waals surface area contributed by atoms with Gasteiger partial charge >= 0.3 is 5.97 Å². The summed E-state index contributed by atoms with van der Waals surface area (Å²) in [6.07, 6.45) is 0.170. The summed E-state index contributed by atoms with van der Waals surface area (Å²) in [7, 11) is 0. The molecule has 98 valence electrons. The highest BCUT2D eigenvalue weighted by Gasteiger charge is 2.16. The number of hydrogen-bond donors (Lipinski definition) is 1. The Morgan fingerprint density at radius 2 is 2.17 bits per heavy atom. The minimum atomic E-state index is -0.775. The minimum absolute atomic E-state index is 0.170. The van der Waals surface area contributed by atoms with Gasteiger partial charge in [-0.3, -0.25) is 4.79 Å². The van der Waals surface area contributed by atoms with Gasteiger partial charge in [0, 0.05) is 11.5 Å². The van der Waals surface area contributed by atoms with Crippen LogP contribution in [-0.2, 0) is 10.5 Å². The van der Waals surface area contributed by atoms with E-state index in [9.17, 15) is 4.79 Å². The summed E-state index contributed by atoms with van der Waals surface area (Å²) in [5.41, 5.74) is 1.01. The van der Waals surface area contributed by atoms with Gasteiger partial charge in [0.2, 0.25) is 0 Å². The third-order valence-corrected chi connectivity index (χ3v) is 3.70. The summed E-state index contributed by atoms with van der Waals surface area (Å²) in [5, 5.41) is 9.08. The molecule has 1 N–H and O–H groups in total. The van der Waals surface area contributed by atoms with Crippen molar-refractivity contribution in [1.29, 1.82) is 0 Å². The Labute approximate surface area is 114 Å². The standard InChI is InChI=1S/C12H13ClO4S/c13-9-5-8(7-18-4-1-11(14)15)6-10-12(9)17-3-2-16-10/h5-6H,1-4,7H2,(H,14,15). The second kappa shape index (κ2) is 6.20. The van der Waals surface area contributed by atoms with E-state index in [4.69, 9.17) is 26.2 Å². The summed E-state index contributed by atoms with van der Waals surface area (Å²) in [5.74, 6) is 1.79. The number of hydrogen-bond acceptors (Lipinski definition) is 4. The average Bonchev–Trinajstić information content (AvgIpc) is 2.35. The number of aliphatic carboxylic acids is 1. The molecule has 1 aliphatic rings. The topological polar surface area (TPSA) is 55.8 Å². The van der Waals surface area contributed by atoms with Crippen molar-refractivity contribution in [3.8, 4) is 11.5 Å². The van der Waals surface area contributed by atoms with E-state index in [2.05, 4.69) is 0 Å². The molecule has 0 fully saturated rings. The number of carbonyl (C=O) groups is 1. The lowest BCUT2D eigenvalue weighted by atomic mass is 10.2. The Kier molecular flexibility index (Phi) is 4.60. The normalized spacial score (nSPS) is 13.4. The quantitative estimate of drug-likeness (QED) is 0.844. The molecule has 18 heavy (non-hydrogen) atoms. The molecule has 0 spiro atoms. The zero-order valence-electron chi connectivity index (χ0n) is 9.65. The van der Waals surface area contributed by atoms with Crippen LogP contribution in [0.15, 0.2) is 12.1 Å². The molecular formula is C12H13ClO4S. The number of carboxylic acids is 1. The average molecular weight is 289 g/mol. The molecule has 2 rings (SSSR count). The maximum absolute atomic E-state index is 10.4. The molecule has 0 atom stereocenters. The van der Waals surface area contributed by atoms with Crippen molar-refractivity contribution in [3.05, 3.63) is 22.7 Å². The van der Waals surface area contributed by atoms with E-state index in [0.717, 1.165) is 5.56 Å². The van der Waals surface area contributed by atoms with Crippen LogP contribution < -0.4 is 9.47 Å². The summed E-state index contributed by atoms with van der Waals surface area (Å²) in [6.45, 7) is 1.04. The van der Waals surface area contributed by atoms with Crippen molar-refractivity contribution in [1.82, 2.24) is 0 Å². The Morgan fingerprint density at radius 1 is 1.39 bits per heavy atom. The number of benzene rings is 1. The summed E-state index contributed by atoms with van der Waals surface area (Å²) < 4.78 is 10.9. The van der Waals surface area contributed by atoms with Gasteiger partial charge in [-0.1, -0.05) is 11.6 Å². The second-order valence-corrected chi connectivity index (χ2v) is 5.31. The molecule has 0 radical (unpaired) electrons. The van der Waals surface area contributed by atoms with Crippen LogP contribution >= 0.6 is 23.4 Å². The van der Waals surface area contributed by atoms with Crippen molar-refractivity contribution in [2.24, 2.45) is 0 Å². The molecule has 1 heterocycles. The van der Waals surface area contributed by atoms with E-state index >= 15 is 0 Å². The summed E-state index contributed by atoms with van der Waals surface area (Å²) >= 11 is 7.66. The van der Waals surface area contributed by atoms with Gasteiger partial charge in [0.25, 0.3) is 0 Å². The number of thioether (sulfide) groups is 1. The molecule has 4 nitrogen and oxygen atoms in total. The molecular weight excluding hydrogens is 276 g/mol. The first-order valence-electron chi connectivity index (χ1n) is 5.54. The first kappa shape index (κ1) is 13.4. The fourth-order valence-corrected chi connectivity index (χ4v) is 2.75. The lowest BCUT2D eigenvalue weighted by molar-refractivity contribution is -0.136. The number of rotatable bonds is 5. The van der Waals surface area contributed by atoms with Crippen molar-refractivity contribution in [3.63, 3.8) is 0 Å². The molecule has 0 saturated heterocycles. The molecule has 0 aliphatic carbocycles. The SMILES string of the molecule is O=C(O)CCSCc1cc(Cl)c2c(c1)OCCO2. The molecule has 1 aromatic carbocycles. The van der Waals surface area contributed by atoms with E-state index in [1.807, 2.05) is 12.1 Å². The second-order valence-electron chi connectivity index (χ2n) is 3.80. The molecule has 1 aromatic rings. The molecule has 6 heteroatoms. The molecule has 1 aliphatic heterocycles. The maximum Gasteiger partial charge on any atom is 0.304 e. The van der Waals surface area contributed by atoms with Gasteiger partial charge < -0.3 is 14.6 Å². The van der Waals surface area contributed by atoms with E-state index in [-0.39, 0.29) is 6.42 Å². The van der Waals surface area contributed by atoms with Crippen LogP contribution in [0.4, 0.5) is 0 Å². The Balaban J connectivity index is 1.97. The zero-order valence-corrected chi connectivity index (χ0v) is 11.2. The van der Waals surface area contributed by atoms with E-state index in [0.29, 0.717) is 41.2 Å². The number of fused-ring (bicyclic) bond motifs is 1. The van der Waals surface area contributed by atoms with Gasteiger partial charge in [-0.15, -0.1) is 0 Å². The van der Waals surface area contributed by atoms with E-state index in [1.165, 1.54) is 0 Å². The number of carboxylic acid groups (broad SMARTS) is 1. The van der Waals surface area contributed by atoms with Gasteiger partial charge in [0.1, 0.15) is 13.2 Å². The monoisotopic (exact) mass is 288 g/mol. The minimum Gasteiger partial charge on any atom is -0.486 e. The Bertz CT molecular complexity index is 450. The smallest absolute Gasteiger partial charge is 0.304 e. The van der Waals surface area contributed by atoms with Crippen molar-refractivity contribution in [2.45, 2.75) is 12.2 Å². The van der Waals surface area contributed by atoms with Crippen LogP contribution in [0.2, 0.25) is 5.02 Å². The van der Waals surface area contributed by atoms with Crippen LogP contribution in [0.3, 0.4) is 0 Å². The van der Waals surface area contributed by atoms with Gasteiger partial charge in [0.05, 0.1) is 11.4 Å². The molecule has 0 amide bonds.